The summed E-state index contributed by atoms with van der Waals surface area (Å²) in [7, 11) is 1.52. The molecule has 0 spiro atoms. The number of fused-ring (bicyclic) bond motifs is 1. The Balaban J connectivity index is 2.03. The predicted octanol–water partition coefficient (Wildman–Crippen LogP) is 2.86. The Morgan fingerprint density at radius 1 is 1.25 bits per heavy atom. The van der Waals surface area contributed by atoms with Crippen molar-refractivity contribution >= 4 is 32.7 Å². The SMILES string of the molecule is COc1cccc(C(=O)Nn2c(C)nc3ccc(Br)cc3c2=O)c1. The smallest absolute Gasteiger partial charge is 0.280 e. The molecule has 1 amide bonds. The van der Waals surface area contributed by atoms with Gasteiger partial charge in [-0.3, -0.25) is 15.0 Å². The van der Waals surface area contributed by atoms with Crippen LogP contribution in [-0.2, 0) is 0 Å². The minimum Gasteiger partial charge on any atom is -0.497 e. The average Bonchev–Trinajstić information content (AvgIpc) is 2.59. The van der Waals surface area contributed by atoms with Gasteiger partial charge in [-0.05, 0) is 43.3 Å². The first-order valence-electron chi connectivity index (χ1n) is 7.14. The lowest BCUT2D eigenvalue weighted by molar-refractivity contribution is 0.101. The van der Waals surface area contributed by atoms with Crippen molar-refractivity contribution in [1.82, 2.24) is 9.66 Å². The maximum absolute atomic E-state index is 12.7. The number of methoxy groups -OCH3 is 1. The number of ether oxygens (including phenoxy) is 1. The number of nitrogens with zero attached hydrogens (tertiary/aromatic N) is 2. The number of aryl methyl sites for hydroxylation is 1. The molecule has 0 saturated carbocycles. The normalized spacial score (nSPS) is 10.6. The van der Waals surface area contributed by atoms with Gasteiger partial charge in [0.15, 0.2) is 0 Å². The molecule has 1 N–H and O–H groups in total. The molecule has 3 rings (SSSR count). The van der Waals surface area contributed by atoms with E-state index in [1.807, 2.05) is 6.07 Å². The fourth-order valence-corrected chi connectivity index (χ4v) is 2.69. The van der Waals surface area contributed by atoms with Crippen LogP contribution in [0.4, 0.5) is 0 Å². The molecule has 122 valence electrons. The molecule has 6 nitrogen and oxygen atoms in total. The summed E-state index contributed by atoms with van der Waals surface area (Å²) in [5, 5.41) is 0.418. The number of hydrogen-bond donors (Lipinski definition) is 1. The molecular weight excluding hydrogens is 374 g/mol. The number of rotatable bonds is 3. The fraction of sp³-hybridized carbons (Fsp3) is 0.118. The van der Waals surface area contributed by atoms with Crippen LogP contribution in [0.1, 0.15) is 16.2 Å². The third-order valence-corrected chi connectivity index (χ3v) is 4.04. The zero-order valence-electron chi connectivity index (χ0n) is 13.0. The standard InChI is InChI=1S/C17H14BrN3O3/c1-10-19-15-7-6-12(18)9-14(15)17(23)21(10)20-16(22)11-4-3-5-13(8-11)24-2/h3-9H,1-2H3,(H,20,22). The van der Waals surface area contributed by atoms with E-state index in [1.165, 1.54) is 7.11 Å². The van der Waals surface area contributed by atoms with Crippen molar-refractivity contribution in [2.45, 2.75) is 6.92 Å². The Bertz CT molecular complexity index is 998. The van der Waals surface area contributed by atoms with Crippen molar-refractivity contribution in [3.63, 3.8) is 0 Å². The molecule has 24 heavy (non-hydrogen) atoms. The van der Waals surface area contributed by atoms with E-state index < -0.39 is 5.91 Å². The molecular formula is C17H14BrN3O3. The first kappa shape index (κ1) is 16.2. The molecule has 7 heteroatoms. The Kier molecular flexibility index (Phi) is 4.35. The van der Waals surface area contributed by atoms with Crippen LogP contribution in [-0.4, -0.2) is 22.7 Å². The molecule has 1 heterocycles. The predicted molar refractivity (Wildman–Crippen MR) is 95.1 cm³/mol. The van der Waals surface area contributed by atoms with Crippen LogP contribution in [0.5, 0.6) is 5.75 Å². The van der Waals surface area contributed by atoms with Gasteiger partial charge in [0.2, 0.25) is 0 Å². The number of carbonyl (C=O) groups excluding carboxylic acids is 1. The Hall–Kier alpha value is -2.67. The van der Waals surface area contributed by atoms with Gasteiger partial charge >= 0.3 is 0 Å². The summed E-state index contributed by atoms with van der Waals surface area (Å²) in [4.78, 5) is 29.4. The van der Waals surface area contributed by atoms with Crippen LogP contribution in [0.25, 0.3) is 10.9 Å². The zero-order chi connectivity index (χ0) is 17.3. The maximum Gasteiger partial charge on any atom is 0.280 e. The fourth-order valence-electron chi connectivity index (χ4n) is 2.33. The molecule has 0 fully saturated rings. The first-order chi connectivity index (χ1) is 11.5. The van der Waals surface area contributed by atoms with Crippen molar-refractivity contribution in [3.05, 3.63) is 68.7 Å². The molecule has 0 aliphatic carbocycles. The van der Waals surface area contributed by atoms with Crippen molar-refractivity contribution in [3.8, 4) is 5.75 Å². The Labute approximate surface area is 146 Å². The van der Waals surface area contributed by atoms with Gasteiger partial charge in [0.25, 0.3) is 11.5 Å². The second kappa shape index (κ2) is 6.45. The largest absolute Gasteiger partial charge is 0.497 e. The minimum atomic E-state index is -0.421. The number of amides is 1. The third-order valence-electron chi connectivity index (χ3n) is 3.54. The summed E-state index contributed by atoms with van der Waals surface area (Å²) < 4.78 is 7.02. The first-order valence-corrected chi connectivity index (χ1v) is 7.93. The Morgan fingerprint density at radius 2 is 2.04 bits per heavy atom. The van der Waals surface area contributed by atoms with Gasteiger partial charge in [-0.25, -0.2) is 9.66 Å². The van der Waals surface area contributed by atoms with Gasteiger partial charge in [0.05, 0.1) is 18.0 Å². The van der Waals surface area contributed by atoms with Crippen LogP contribution in [0, 0.1) is 6.92 Å². The van der Waals surface area contributed by atoms with Gasteiger partial charge in [0.1, 0.15) is 11.6 Å². The van der Waals surface area contributed by atoms with E-state index in [0.29, 0.717) is 28.0 Å². The molecule has 1 aromatic heterocycles. The summed E-state index contributed by atoms with van der Waals surface area (Å²) in [5.41, 5.74) is 3.21. The summed E-state index contributed by atoms with van der Waals surface area (Å²) in [6.45, 7) is 1.66. The molecule has 0 radical (unpaired) electrons. The van der Waals surface area contributed by atoms with Gasteiger partial charge in [-0.2, -0.15) is 0 Å². The van der Waals surface area contributed by atoms with Crippen molar-refractivity contribution in [1.29, 1.82) is 0 Å². The highest BCUT2D eigenvalue weighted by Gasteiger charge is 2.13. The van der Waals surface area contributed by atoms with E-state index in [-0.39, 0.29) is 5.56 Å². The summed E-state index contributed by atoms with van der Waals surface area (Å²) in [6.07, 6.45) is 0. The van der Waals surface area contributed by atoms with E-state index in [9.17, 15) is 9.59 Å². The molecule has 0 bridgehead atoms. The minimum absolute atomic E-state index is 0.338. The molecule has 0 saturated heterocycles. The second-order valence-electron chi connectivity index (χ2n) is 5.13. The lowest BCUT2D eigenvalue weighted by atomic mass is 10.2. The summed E-state index contributed by atoms with van der Waals surface area (Å²) >= 11 is 3.34. The van der Waals surface area contributed by atoms with E-state index in [0.717, 1.165) is 9.15 Å². The zero-order valence-corrected chi connectivity index (χ0v) is 14.6. The number of halogens is 1. The highest BCUT2D eigenvalue weighted by molar-refractivity contribution is 9.10. The van der Waals surface area contributed by atoms with Crippen LogP contribution < -0.4 is 15.7 Å². The lowest BCUT2D eigenvalue weighted by Gasteiger charge is -2.12. The topological polar surface area (TPSA) is 73.2 Å². The highest BCUT2D eigenvalue weighted by Crippen LogP contribution is 2.16. The third kappa shape index (κ3) is 3.03. The van der Waals surface area contributed by atoms with Crippen molar-refractivity contribution < 1.29 is 9.53 Å². The van der Waals surface area contributed by atoms with Crippen LogP contribution >= 0.6 is 15.9 Å². The van der Waals surface area contributed by atoms with Gasteiger partial charge in [-0.15, -0.1) is 0 Å². The number of aromatic nitrogens is 2. The van der Waals surface area contributed by atoms with Crippen molar-refractivity contribution in [2.75, 3.05) is 12.5 Å². The maximum atomic E-state index is 12.7. The Morgan fingerprint density at radius 3 is 2.79 bits per heavy atom. The van der Waals surface area contributed by atoms with E-state index in [1.54, 1.807) is 43.3 Å². The molecule has 3 aromatic rings. The quantitative estimate of drug-likeness (QED) is 0.749. The van der Waals surface area contributed by atoms with Gasteiger partial charge in [0, 0.05) is 10.0 Å². The number of nitrogens with one attached hydrogen (secondary N) is 1. The summed E-state index contributed by atoms with van der Waals surface area (Å²) in [6, 6.07) is 11.9. The number of benzene rings is 2. The number of hydrogen-bond acceptors (Lipinski definition) is 4. The molecule has 0 unspecified atom stereocenters. The van der Waals surface area contributed by atoms with Crippen LogP contribution in [0.15, 0.2) is 51.7 Å². The van der Waals surface area contributed by atoms with E-state index in [4.69, 9.17) is 4.74 Å². The summed E-state index contributed by atoms with van der Waals surface area (Å²) in [5.74, 6) is 0.536. The molecule has 0 atom stereocenters. The van der Waals surface area contributed by atoms with Gasteiger partial charge in [-0.1, -0.05) is 22.0 Å². The van der Waals surface area contributed by atoms with E-state index in [2.05, 4.69) is 26.3 Å². The second-order valence-corrected chi connectivity index (χ2v) is 6.05. The van der Waals surface area contributed by atoms with Crippen LogP contribution in [0.2, 0.25) is 0 Å². The molecule has 2 aromatic carbocycles. The molecule has 0 aliphatic heterocycles. The van der Waals surface area contributed by atoms with Gasteiger partial charge < -0.3 is 4.74 Å². The average molecular weight is 388 g/mol. The monoisotopic (exact) mass is 387 g/mol. The van der Waals surface area contributed by atoms with Crippen LogP contribution in [0.3, 0.4) is 0 Å². The van der Waals surface area contributed by atoms with E-state index >= 15 is 0 Å². The van der Waals surface area contributed by atoms with Crippen molar-refractivity contribution in [2.24, 2.45) is 0 Å². The number of carbonyl (C=O) groups is 1. The highest BCUT2D eigenvalue weighted by atomic mass is 79.9. The molecule has 0 aliphatic rings. The lowest BCUT2D eigenvalue weighted by Crippen LogP contribution is -2.35.